The molecule has 46 heavy (non-hydrogen) atoms. The van der Waals surface area contributed by atoms with E-state index in [2.05, 4.69) is 28.1 Å². The van der Waals surface area contributed by atoms with Gasteiger partial charge in [0.1, 0.15) is 22.8 Å². The molecule has 9 rings (SSSR count). The van der Waals surface area contributed by atoms with Crippen LogP contribution in [0.25, 0.3) is 32.9 Å². The third-order valence-corrected chi connectivity index (χ3v) is 11.0. The molecule has 4 fully saturated rings. The van der Waals surface area contributed by atoms with Gasteiger partial charge in [-0.3, -0.25) is 9.88 Å². The number of pyridine rings is 1. The summed E-state index contributed by atoms with van der Waals surface area (Å²) in [5.41, 5.74) is 3.51. The molecular formula is C36H41FN6O3. The molecule has 1 aliphatic carbocycles. The zero-order valence-corrected chi connectivity index (χ0v) is 26.3. The summed E-state index contributed by atoms with van der Waals surface area (Å²) >= 11 is 0. The maximum atomic E-state index is 16.9. The van der Waals surface area contributed by atoms with Crippen molar-refractivity contribution < 1.29 is 19.0 Å². The van der Waals surface area contributed by atoms with Crippen molar-refractivity contribution in [3.63, 3.8) is 0 Å². The summed E-state index contributed by atoms with van der Waals surface area (Å²) in [6, 6.07) is 9.50. The van der Waals surface area contributed by atoms with Crippen molar-refractivity contribution in [2.45, 2.75) is 76.0 Å². The normalized spacial score (nSPS) is 26.3. The Balaban J connectivity index is 1.11. The summed E-state index contributed by atoms with van der Waals surface area (Å²) in [6.45, 7) is 6.77. The number of aromatic hydroxyl groups is 1. The van der Waals surface area contributed by atoms with Crippen LogP contribution in [0, 0.1) is 11.7 Å². The maximum absolute atomic E-state index is 16.9. The molecule has 240 valence electrons. The molecule has 4 bridgehead atoms. The van der Waals surface area contributed by atoms with E-state index in [1.807, 2.05) is 6.07 Å². The van der Waals surface area contributed by atoms with Gasteiger partial charge in [-0.05, 0) is 79.0 Å². The van der Waals surface area contributed by atoms with Crippen molar-refractivity contribution in [2.24, 2.45) is 5.92 Å². The number of anilines is 1. The van der Waals surface area contributed by atoms with Gasteiger partial charge in [0.15, 0.2) is 5.82 Å². The zero-order valence-electron chi connectivity index (χ0n) is 26.3. The van der Waals surface area contributed by atoms with E-state index in [9.17, 15) is 5.11 Å². The second kappa shape index (κ2) is 11.3. The van der Waals surface area contributed by atoms with Gasteiger partial charge < -0.3 is 24.8 Å². The van der Waals surface area contributed by atoms with Gasteiger partial charge in [-0.2, -0.15) is 9.97 Å². The predicted octanol–water partition coefficient (Wildman–Crippen LogP) is 5.00. The number of phenols is 1. The molecule has 2 aromatic carbocycles. The smallest absolute Gasteiger partial charge is 0.319 e. The van der Waals surface area contributed by atoms with E-state index in [4.69, 9.17) is 24.4 Å². The van der Waals surface area contributed by atoms with Gasteiger partial charge in [0.2, 0.25) is 0 Å². The number of morpholine rings is 1. The number of ether oxygens (including phenoxy) is 2. The van der Waals surface area contributed by atoms with E-state index < -0.39 is 5.82 Å². The molecular weight excluding hydrogens is 583 g/mol. The number of fused-ring (bicyclic) bond motifs is 8. The molecule has 9 nitrogen and oxygen atoms in total. The number of piperazine rings is 1. The number of phenolic OH excluding ortho intramolecular Hbond substituents is 1. The lowest BCUT2D eigenvalue weighted by Crippen LogP contribution is -2.51. The molecule has 5 aliphatic rings. The van der Waals surface area contributed by atoms with Crippen molar-refractivity contribution in [2.75, 3.05) is 44.4 Å². The summed E-state index contributed by atoms with van der Waals surface area (Å²) in [5.74, 6) is 0.507. The Morgan fingerprint density at radius 3 is 2.67 bits per heavy atom. The van der Waals surface area contributed by atoms with Crippen molar-refractivity contribution in [3.8, 4) is 23.0 Å². The summed E-state index contributed by atoms with van der Waals surface area (Å²) in [5, 5.41) is 16.8. The Morgan fingerprint density at radius 2 is 1.87 bits per heavy atom. The number of nitrogens with one attached hydrogen (secondary N) is 1. The van der Waals surface area contributed by atoms with Crippen LogP contribution in [0.4, 0.5) is 10.2 Å². The number of benzene rings is 2. The molecule has 4 aromatic rings. The van der Waals surface area contributed by atoms with Gasteiger partial charge >= 0.3 is 6.01 Å². The molecule has 0 saturated carbocycles. The summed E-state index contributed by atoms with van der Waals surface area (Å²) < 4.78 is 29.0. The van der Waals surface area contributed by atoms with Gasteiger partial charge in [0.25, 0.3) is 0 Å². The minimum atomic E-state index is -0.510. The first-order valence-corrected chi connectivity index (χ1v) is 17.1. The number of hydrogen-bond acceptors (Lipinski definition) is 9. The van der Waals surface area contributed by atoms with E-state index in [1.165, 1.54) is 24.0 Å². The van der Waals surface area contributed by atoms with Crippen molar-refractivity contribution in [1.29, 1.82) is 0 Å². The molecule has 0 spiro atoms. The van der Waals surface area contributed by atoms with Crippen LogP contribution in [0.5, 0.6) is 11.8 Å². The van der Waals surface area contributed by atoms with Crippen molar-refractivity contribution in [1.82, 2.24) is 25.2 Å². The second-order valence-electron chi connectivity index (χ2n) is 14.2. The number of rotatable bonds is 7. The van der Waals surface area contributed by atoms with Crippen LogP contribution >= 0.6 is 0 Å². The first-order valence-electron chi connectivity index (χ1n) is 17.1. The lowest BCUT2D eigenvalue weighted by molar-refractivity contribution is -0.0229. The molecule has 2 N–H and O–H groups in total. The van der Waals surface area contributed by atoms with E-state index in [-0.39, 0.29) is 28.9 Å². The Kier molecular flexibility index (Phi) is 7.02. The highest BCUT2D eigenvalue weighted by Crippen LogP contribution is 2.41. The van der Waals surface area contributed by atoms with E-state index in [0.717, 1.165) is 75.7 Å². The first-order chi connectivity index (χ1) is 22.5. The SMILES string of the molecule is C[C@@H](COc1nc(N2C[C@H]3CC[C@@H](C2)N3)c2cnc(-c3cc(O)cc4ccc5c(c34)CCC5)c(F)c2n1)CN1C2CCC1COC2. The standard InChI is InChI=1S/C36H41FN6O3/c1-20(14-43-25-9-10-26(43)19-45-18-25)17-46-36-40-34-30(35(41-36)42-15-23-7-8-24(16-42)39-23)13-38-33(32(34)37)29-12-27(44)11-22-6-5-21-3-2-4-28(21)31(22)29/h5-6,11-13,20,23-26,39,44H,2-4,7-10,14-19H2,1H3/t20-,23-,24+,25?,26?/m1/s1. The van der Waals surface area contributed by atoms with Gasteiger partial charge in [-0.25, -0.2) is 4.39 Å². The Hall–Kier alpha value is -3.60. The van der Waals surface area contributed by atoms with E-state index in [0.29, 0.717) is 47.5 Å². The Labute approximate surface area is 268 Å². The van der Waals surface area contributed by atoms with Crippen LogP contribution in [-0.2, 0) is 17.6 Å². The zero-order chi connectivity index (χ0) is 30.9. The maximum Gasteiger partial charge on any atom is 0.319 e. The molecule has 2 aromatic heterocycles. The summed E-state index contributed by atoms with van der Waals surface area (Å²) in [6.07, 6.45) is 9.35. The highest BCUT2D eigenvalue weighted by molar-refractivity contribution is 6.02. The molecule has 4 aliphatic heterocycles. The van der Waals surface area contributed by atoms with Gasteiger partial charge in [0, 0.05) is 61.5 Å². The fraction of sp³-hybridized carbons (Fsp3) is 0.528. The van der Waals surface area contributed by atoms with Crippen LogP contribution in [-0.4, -0.2) is 88.6 Å². The number of nitrogens with zero attached hydrogens (tertiary/aromatic N) is 5. The third kappa shape index (κ3) is 4.88. The molecule has 6 heterocycles. The average molecular weight is 625 g/mol. The molecule has 5 atom stereocenters. The fourth-order valence-electron chi connectivity index (χ4n) is 8.86. The van der Waals surface area contributed by atoms with Crippen molar-refractivity contribution >= 4 is 27.5 Å². The quantitative estimate of drug-likeness (QED) is 0.295. The lowest BCUT2D eigenvalue weighted by Gasteiger charge is -2.36. The fourth-order valence-corrected chi connectivity index (χ4v) is 8.86. The van der Waals surface area contributed by atoms with Gasteiger partial charge in [-0.1, -0.05) is 19.1 Å². The topological polar surface area (TPSA) is 95.9 Å². The molecule has 0 radical (unpaired) electrons. The van der Waals surface area contributed by atoms with E-state index >= 15 is 4.39 Å². The third-order valence-electron chi connectivity index (χ3n) is 11.0. The highest BCUT2D eigenvalue weighted by atomic mass is 19.1. The first kappa shape index (κ1) is 28.6. The molecule has 0 amide bonds. The monoisotopic (exact) mass is 624 g/mol. The minimum Gasteiger partial charge on any atom is -0.508 e. The Morgan fingerprint density at radius 1 is 1.07 bits per heavy atom. The van der Waals surface area contributed by atoms with Crippen LogP contribution in [0.2, 0.25) is 0 Å². The minimum absolute atomic E-state index is 0.0909. The van der Waals surface area contributed by atoms with Gasteiger partial charge in [-0.15, -0.1) is 0 Å². The molecule has 4 saturated heterocycles. The highest BCUT2D eigenvalue weighted by Gasteiger charge is 2.38. The number of aromatic nitrogens is 3. The van der Waals surface area contributed by atoms with Crippen molar-refractivity contribution in [3.05, 3.63) is 47.4 Å². The lowest BCUT2D eigenvalue weighted by atomic mass is 9.94. The average Bonchev–Trinajstić information content (AvgIpc) is 3.73. The molecule has 10 heteroatoms. The molecule has 2 unspecified atom stereocenters. The predicted molar refractivity (Wildman–Crippen MR) is 175 cm³/mol. The number of aryl methyl sites for hydroxylation is 2. The second-order valence-corrected chi connectivity index (χ2v) is 14.2. The Bertz CT molecular complexity index is 1810. The van der Waals surface area contributed by atoms with Crippen LogP contribution < -0.4 is 15.0 Å². The largest absolute Gasteiger partial charge is 0.508 e. The van der Waals surface area contributed by atoms with Gasteiger partial charge in [0.05, 0.1) is 25.2 Å². The van der Waals surface area contributed by atoms with Crippen LogP contribution in [0.3, 0.4) is 0 Å². The summed E-state index contributed by atoms with van der Waals surface area (Å²) in [7, 11) is 0. The van der Waals surface area contributed by atoms with Crippen LogP contribution in [0.1, 0.15) is 50.2 Å². The van der Waals surface area contributed by atoms with E-state index in [1.54, 1.807) is 18.3 Å². The number of hydrogen-bond donors (Lipinski definition) is 2. The summed E-state index contributed by atoms with van der Waals surface area (Å²) in [4.78, 5) is 19.2. The van der Waals surface area contributed by atoms with Crippen LogP contribution in [0.15, 0.2) is 30.5 Å². The number of halogens is 1.